The summed E-state index contributed by atoms with van der Waals surface area (Å²) in [5, 5.41) is 0. The van der Waals surface area contributed by atoms with Crippen LogP contribution in [0.1, 0.15) is 68.4 Å². The van der Waals surface area contributed by atoms with E-state index < -0.39 is 0 Å². The highest BCUT2D eigenvalue weighted by Gasteiger charge is 2.40. The van der Waals surface area contributed by atoms with Gasteiger partial charge < -0.3 is 0 Å². The fourth-order valence-corrected chi connectivity index (χ4v) is 5.74. The van der Waals surface area contributed by atoms with Gasteiger partial charge in [0.2, 0.25) is 0 Å². The molecule has 0 aromatic heterocycles. The van der Waals surface area contributed by atoms with Gasteiger partial charge in [-0.1, -0.05) is 71.8 Å². The summed E-state index contributed by atoms with van der Waals surface area (Å²) < 4.78 is 0. The van der Waals surface area contributed by atoms with Crippen LogP contribution in [0.2, 0.25) is 0 Å². The van der Waals surface area contributed by atoms with Crippen LogP contribution in [-0.2, 0) is 0 Å². The van der Waals surface area contributed by atoms with Crippen LogP contribution in [-0.4, -0.2) is 0 Å². The number of fused-ring (bicyclic) bond motifs is 1. The first-order chi connectivity index (χ1) is 12.9. The van der Waals surface area contributed by atoms with E-state index in [1.54, 1.807) is 22.3 Å². The second-order valence-electron chi connectivity index (χ2n) is 8.20. The van der Waals surface area contributed by atoms with Crippen molar-refractivity contribution in [3.63, 3.8) is 0 Å². The van der Waals surface area contributed by atoms with E-state index in [-0.39, 0.29) is 0 Å². The highest BCUT2D eigenvalue weighted by Crippen LogP contribution is 2.55. The molecule has 5 rings (SSSR count). The van der Waals surface area contributed by atoms with Gasteiger partial charge in [0.25, 0.3) is 0 Å². The molecule has 0 saturated heterocycles. The van der Waals surface area contributed by atoms with Gasteiger partial charge in [0.1, 0.15) is 0 Å². The second kappa shape index (κ2) is 6.91. The van der Waals surface area contributed by atoms with Crippen molar-refractivity contribution in [1.82, 2.24) is 0 Å². The summed E-state index contributed by atoms with van der Waals surface area (Å²) in [7, 11) is 0. The minimum Gasteiger partial charge on any atom is -0.0622 e. The maximum Gasteiger partial charge on any atom is 0.0193 e. The molecule has 2 aromatic carbocycles. The first-order valence-electron chi connectivity index (χ1n) is 10.5. The Morgan fingerprint density at radius 3 is 1.42 bits per heavy atom. The average Bonchev–Trinajstić information content (AvgIpc) is 3.05. The van der Waals surface area contributed by atoms with E-state index in [2.05, 4.69) is 60.7 Å². The predicted octanol–water partition coefficient (Wildman–Crippen LogP) is 7.19. The number of rotatable bonds is 3. The van der Waals surface area contributed by atoms with E-state index in [1.165, 1.54) is 62.5 Å². The average molecular weight is 341 g/mol. The lowest BCUT2D eigenvalue weighted by Gasteiger charge is -2.32. The molecule has 0 atom stereocenters. The normalized spacial score (nSPS) is 20.5. The van der Waals surface area contributed by atoms with Crippen LogP contribution in [0.3, 0.4) is 0 Å². The standard InChI is InChI=1S/C26H28/c1-3-11-19(12-4-1)25(20-13-5-2-6-14-20)26-23-17-9-7-15-21(23)22-16-8-10-18-24(22)26/h1-6,11-14,25-26H,7-10,15-18H2. The Morgan fingerprint density at radius 1 is 0.538 bits per heavy atom. The lowest BCUT2D eigenvalue weighted by atomic mass is 9.72. The Balaban J connectivity index is 1.68. The Labute approximate surface area is 157 Å². The third-order valence-electron chi connectivity index (χ3n) is 6.79. The summed E-state index contributed by atoms with van der Waals surface area (Å²) in [5.41, 5.74) is 10.2. The number of hydrogen-bond acceptors (Lipinski definition) is 0. The quantitative estimate of drug-likeness (QED) is 0.554. The molecule has 0 saturated carbocycles. The van der Waals surface area contributed by atoms with Gasteiger partial charge in [-0.05, 0) is 73.6 Å². The first kappa shape index (κ1) is 16.1. The van der Waals surface area contributed by atoms with Crippen molar-refractivity contribution in [2.75, 3.05) is 0 Å². The maximum atomic E-state index is 2.35. The van der Waals surface area contributed by atoms with Gasteiger partial charge >= 0.3 is 0 Å². The van der Waals surface area contributed by atoms with E-state index in [0.717, 1.165) is 0 Å². The fourth-order valence-electron chi connectivity index (χ4n) is 5.74. The van der Waals surface area contributed by atoms with E-state index >= 15 is 0 Å². The molecule has 0 amide bonds. The molecular formula is C26H28. The zero-order valence-corrected chi connectivity index (χ0v) is 15.6. The molecule has 0 heterocycles. The molecule has 26 heavy (non-hydrogen) atoms. The second-order valence-corrected chi connectivity index (χ2v) is 8.20. The summed E-state index contributed by atoms with van der Waals surface area (Å²) in [4.78, 5) is 0. The maximum absolute atomic E-state index is 2.35. The summed E-state index contributed by atoms with van der Waals surface area (Å²) in [6.45, 7) is 0. The topological polar surface area (TPSA) is 0 Å². The molecule has 3 aliphatic carbocycles. The van der Waals surface area contributed by atoms with Crippen LogP contribution in [0, 0.1) is 5.92 Å². The van der Waals surface area contributed by atoms with Gasteiger partial charge in [0.15, 0.2) is 0 Å². The third-order valence-corrected chi connectivity index (χ3v) is 6.79. The minimum atomic E-state index is 0.478. The van der Waals surface area contributed by atoms with Crippen LogP contribution < -0.4 is 0 Å². The van der Waals surface area contributed by atoms with Crippen molar-refractivity contribution in [1.29, 1.82) is 0 Å². The SMILES string of the molecule is c1ccc(C(c2ccccc2)C2C3=C(CCCC3)C3=C2CCCC3)cc1. The predicted molar refractivity (Wildman–Crippen MR) is 109 cm³/mol. The summed E-state index contributed by atoms with van der Waals surface area (Å²) in [5.74, 6) is 1.09. The van der Waals surface area contributed by atoms with Crippen LogP contribution >= 0.6 is 0 Å². The molecule has 132 valence electrons. The van der Waals surface area contributed by atoms with E-state index in [1.807, 2.05) is 0 Å². The molecule has 0 bridgehead atoms. The van der Waals surface area contributed by atoms with E-state index in [0.29, 0.717) is 11.8 Å². The Kier molecular flexibility index (Phi) is 4.28. The minimum absolute atomic E-state index is 0.478. The molecule has 0 heteroatoms. The molecule has 0 N–H and O–H groups in total. The zero-order chi connectivity index (χ0) is 17.3. The zero-order valence-electron chi connectivity index (χ0n) is 15.6. The molecule has 0 spiro atoms. The highest BCUT2D eigenvalue weighted by molar-refractivity contribution is 5.55. The van der Waals surface area contributed by atoms with E-state index in [4.69, 9.17) is 0 Å². The van der Waals surface area contributed by atoms with Gasteiger partial charge in [0, 0.05) is 11.8 Å². The van der Waals surface area contributed by atoms with Gasteiger partial charge in [-0.2, -0.15) is 0 Å². The van der Waals surface area contributed by atoms with Gasteiger partial charge in [0.05, 0.1) is 0 Å². The molecule has 0 nitrogen and oxygen atoms in total. The smallest absolute Gasteiger partial charge is 0.0193 e. The Bertz CT molecular complexity index is 767. The molecular weight excluding hydrogens is 312 g/mol. The van der Waals surface area contributed by atoms with Crippen molar-refractivity contribution in [3.8, 4) is 0 Å². The van der Waals surface area contributed by atoms with Crippen LogP contribution in [0.15, 0.2) is 83.0 Å². The first-order valence-corrected chi connectivity index (χ1v) is 10.5. The van der Waals surface area contributed by atoms with Gasteiger partial charge in [-0.25, -0.2) is 0 Å². The molecule has 0 unspecified atom stereocenters. The summed E-state index contributed by atoms with van der Waals surface area (Å²) >= 11 is 0. The highest BCUT2D eigenvalue weighted by atomic mass is 14.4. The number of allylic oxidation sites excluding steroid dienone is 4. The molecule has 0 fully saturated rings. The Morgan fingerprint density at radius 2 is 0.962 bits per heavy atom. The van der Waals surface area contributed by atoms with Crippen LogP contribution in [0.25, 0.3) is 0 Å². The monoisotopic (exact) mass is 340 g/mol. The van der Waals surface area contributed by atoms with Crippen molar-refractivity contribution >= 4 is 0 Å². The van der Waals surface area contributed by atoms with Crippen molar-refractivity contribution < 1.29 is 0 Å². The van der Waals surface area contributed by atoms with Gasteiger partial charge in [-0.15, -0.1) is 0 Å². The number of benzene rings is 2. The summed E-state index contributed by atoms with van der Waals surface area (Å²) in [6.07, 6.45) is 10.9. The molecule has 2 aromatic rings. The van der Waals surface area contributed by atoms with Crippen molar-refractivity contribution in [2.45, 2.75) is 57.3 Å². The lowest BCUT2D eigenvalue weighted by Crippen LogP contribution is -2.19. The molecule has 0 aliphatic heterocycles. The largest absolute Gasteiger partial charge is 0.0622 e. The van der Waals surface area contributed by atoms with E-state index in [9.17, 15) is 0 Å². The van der Waals surface area contributed by atoms with Gasteiger partial charge in [-0.3, -0.25) is 0 Å². The van der Waals surface area contributed by atoms with Crippen LogP contribution in [0.4, 0.5) is 0 Å². The lowest BCUT2D eigenvalue weighted by molar-refractivity contribution is 0.538. The van der Waals surface area contributed by atoms with Crippen LogP contribution in [0.5, 0.6) is 0 Å². The Hall–Kier alpha value is -2.08. The third kappa shape index (κ3) is 2.67. The number of hydrogen-bond donors (Lipinski definition) is 0. The molecule has 0 radical (unpaired) electrons. The fraction of sp³-hybridized carbons (Fsp3) is 0.385. The molecule has 3 aliphatic rings. The summed E-state index contributed by atoms with van der Waals surface area (Å²) in [6, 6.07) is 22.6. The van der Waals surface area contributed by atoms with Crippen molar-refractivity contribution in [3.05, 3.63) is 94.1 Å². The van der Waals surface area contributed by atoms with Crippen molar-refractivity contribution in [2.24, 2.45) is 5.92 Å².